The Hall–Kier alpha value is -3.15. The maximum Gasteiger partial charge on any atom is 0.335 e. The van der Waals surface area contributed by atoms with Crippen LogP contribution in [-0.2, 0) is 20.5 Å². The van der Waals surface area contributed by atoms with Gasteiger partial charge in [0.15, 0.2) is 5.71 Å². The van der Waals surface area contributed by atoms with Crippen LogP contribution in [0.25, 0.3) is 0 Å². The monoisotopic (exact) mass is 436 g/mol. The molecule has 0 spiro atoms. The fourth-order valence-corrected chi connectivity index (χ4v) is 4.05. The predicted octanol–water partition coefficient (Wildman–Crippen LogP) is 5.50. The van der Waals surface area contributed by atoms with Gasteiger partial charge in [0.1, 0.15) is 6.61 Å². The number of fused-ring (bicyclic) bond motifs is 1. The van der Waals surface area contributed by atoms with Crippen molar-refractivity contribution in [3.63, 3.8) is 0 Å². The number of nitrogens with zero attached hydrogens (tertiary/aromatic N) is 1. The van der Waals surface area contributed by atoms with Crippen molar-refractivity contribution in [2.45, 2.75) is 64.7 Å². The lowest BCUT2D eigenvalue weighted by Crippen LogP contribution is -2.34. The van der Waals surface area contributed by atoms with Gasteiger partial charge in [0.25, 0.3) is 5.91 Å². The molecule has 1 aliphatic carbocycles. The number of nitrogens with one attached hydrogen (secondary N) is 1. The Bertz CT molecular complexity index is 1040. The number of carboxylic acid groups (broad SMARTS) is 1. The molecule has 0 saturated carbocycles. The van der Waals surface area contributed by atoms with Crippen molar-refractivity contribution in [2.24, 2.45) is 5.16 Å². The average Bonchev–Trinajstić information content (AvgIpc) is 2.75. The van der Waals surface area contributed by atoms with Gasteiger partial charge in [-0.3, -0.25) is 4.79 Å². The van der Waals surface area contributed by atoms with Crippen LogP contribution in [0.3, 0.4) is 0 Å². The molecule has 0 radical (unpaired) electrons. The number of aromatic carboxylic acids is 1. The summed E-state index contributed by atoms with van der Waals surface area (Å²) in [5.74, 6) is -1.42. The number of carboxylic acids is 1. The number of hydrogen-bond donors (Lipinski definition) is 2. The summed E-state index contributed by atoms with van der Waals surface area (Å²) in [6.07, 6.45) is 2.96. The summed E-state index contributed by atoms with van der Waals surface area (Å²) in [6, 6.07) is 12.1. The first-order valence-electron chi connectivity index (χ1n) is 11.1. The third-order valence-corrected chi connectivity index (χ3v) is 6.18. The van der Waals surface area contributed by atoms with Crippen LogP contribution in [0.1, 0.15) is 80.9 Å². The van der Waals surface area contributed by atoms with E-state index in [1.807, 2.05) is 13.0 Å². The Labute approximate surface area is 189 Å². The van der Waals surface area contributed by atoms with Crippen LogP contribution in [0, 0.1) is 0 Å². The highest BCUT2D eigenvalue weighted by Crippen LogP contribution is 2.45. The zero-order chi connectivity index (χ0) is 23.5. The van der Waals surface area contributed by atoms with Crippen molar-refractivity contribution in [2.75, 3.05) is 11.9 Å². The summed E-state index contributed by atoms with van der Waals surface area (Å²) in [7, 11) is 0. The molecule has 3 rings (SSSR count). The molecule has 0 heterocycles. The van der Waals surface area contributed by atoms with E-state index in [4.69, 9.17) is 9.94 Å². The minimum Gasteiger partial charge on any atom is -0.478 e. The topological polar surface area (TPSA) is 88.0 Å². The molecular weight excluding hydrogens is 404 g/mol. The second kappa shape index (κ2) is 9.15. The van der Waals surface area contributed by atoms with E-state index in [1.165, 1.54) is 23.3 Å². The molecular formula is C26H32N2O4. The number of benzene rings is 2. The molecule has 0 bridgehead atoms. The summed E-state index contributed by atoms with van der Waals surface area (Å²) in [5.41, 5.74) is 4.15. The maximum atomic E-state index is 13.1. The Kier molecular flexibility index (Phi) is 6.72. The summed E-state index contributed by atoms with van der Waals surface area (Å²) in [5, 5.41) is 16.0. The lowest BCUT2D eigenvalue weighted by Gasteiger charge is -2.42. The van der Waals surface area contributed by atoms with Crippen molar-refractivity contribution in [1.82, 2.24) is 0 Å². The predicted molar refractivity (Wildman–Crippen MR) is 127 cm³/mol. The van der Waals surface area contributed by atoms with Gasteiger partial charge in [0.2, 0.25) is 0 Å². The lowest BCUT2D eigenvalue weighted by molar-refractivity contribution is -0.110. The van der Waals surface area contributed by atoms with E-state index in [1.54, 1.807) is 12.1 Å². The third-order valence-electron chi connectivity index (χ3n) is 6.18. The Balaban J connectivity index is 1.96. The molecule has 6 heteroatoms. The molecule has 0 saturated heterocycles. The maximum absolute atomic E-state index is 13.1. The van der Waals surface area contributed by atoms with Crippen LogP contribution < -0.4 is 5.32 Å². The second-order valence-electron chi connectivity index (χ2n) is 9.64. The van der Waals surface area contributed by atoms with E-state index < -0.39 is 11.9 Å². The van der Waals surface area contributed by atoms with Crippen LogP contribution in [-0.4, -0.2) is 29.3 Å². The lowest BCUT2D eigenvalue weighted by atomic mass is 9.63. The molecule has 170 valence electrons. The fourth-order valence-electron chi connectivity index (χ4n) is 4.05. The van der Waals surface area contributed by atoms with Crippen LogP contribution in [0.15, 0.2) is 47.6 Å². The van der Waals surface area contributed by atoms with Crippen molar-refractivity contribution >= 4 is 23.3 Å². The number of amides is 1. The second-order valence-corrected chi connectivity index (χ2v) is 9.64. The number of anilines is 1. The number of hydrogen-bond acceptors (Lipinski definition) is 4. The van der Waals surface area contributed by atoms with Crippen LogP contribution in [0.4, 0.5) is 5.69 Å². The van der Waals surface area contributed by atoms with Gasteiger partial charge in [-0.1, -0.05) is 51.9 Å². The van der Waals surface area contributed by atoms with Gasteiger partial charge in [-0.15, -0.1) is 0 Å². The summed E-state index contributed by atoms with van der Waals surface area (Å²) in [4.78, 5) is 29.6. The average molecular weight is 437 g/mol. The minimum absolute atomic E-state index is 0.000607. The number of carbonyl (C=O) groups excluding carboxylic acids is 1. The van der Waals surface area contributed by atoms with Gasteiger partial charge in [-0.25, -0.2) is 4.79 Å². The number of rotatable bonds is 7. The third kappa shape index (κ3) is 5.01. The van der Waals surface area contributed by atoms with Crippen molar-refractivity contribution in [1.29, 1.82) is 0 Å². The Morgan fingerprint density at radius 3 is 2.16 bits per heavy atom. The highest BCUT2D eigenvalue weighted by molar-refractivity contribution is 6.48. The molecule has 0 unspecified atom stereocenters. The van der Waals surface area contributed by atoms with Gasteiger partial charge in [0.05, 0.1) is 5.56 Å². The van der Waals surface area contributed by atoms with Crippen LogP contribution in [0.2, 0.25) is 0 Å². The molecule has 1 aliphatic rings. The minimum atomic E-state index is -1.02. The first kappa shape index (κ1) is 23.5. The number of oxime groups is 1. The molecule has 2 aromatic carbocycles. The Morgan fingerprint density at radius 2 is 1.56 bits per heavy atom. The van der Waals surface area contributed by atoms with Gasteiger partial charge in [-0.2, -0.15) is 0 Å². The quantitative estimate of drug-likeness (QED) is 0.341. The fraction of sp³-hybridized carbons (Fsp3) is 0.423. The Morgan fingerprint density at radius 1 is 0.969 bits per heavy atom. The van der Waals surface area contributed by atoms with E-state index in [9.17, 15) is 9.59 Å². The molecule has 2 N–H and O–H groups in total. The highest BCUT2D eigenvalue weighted by atomic mass is 16.6. The molecule has 2 aromatic rings. The van der Waals surface area contributed by atoms with Crippen molar-refractivity contribution < 1.29 is 19.5 Å². The smallest absolute Gasteiger partial charge is 0.335 e. The zero-order valence-electron chi connectivity index (χ0n) is 19.5. The first-order chi connectivity index (χ1) is 15.0. The molecule has 0 fully saturated rings. The molecule has 1 amide bonds. The molecule has 0 atom stereocenters. The van der Waals surface area contributed by atoms with E-state index >= 15 is 0 Å². The van der Waals surface area contributed by atoms with Crippen molar-refractivity contribution in [3.8, 4) is 0 Å². The van der Waals surface area contributed by atoms with Gasteiger partial charge < -0.3 is 15.3 Å². The molecule has 6 nitrogen and oxygen atoms in total. The van der Waals surface area contributed by atoms with Crippen LogP contribution in [0.5, 0.6) is 0 Å². The molecule has 0 aromatic heterocycles. The van der Waals surface area contributed by atoms with E-state index in [0.717, 1.165) is 19.3 Å². The van der Waals surface area contributed by atoms with E-state index in [0.29, 0.717) is 17.9 Å². The zero-order valence-corrected chi connectivity index (χ0v) is 19.5. The van der Waals surface area contributed by atoms with Gasteiger partial charge >= 0.3 is 5.97 Å². The highest BCUT2D eigenvalue weighted by Gasteiger charge is 2.37. The summed E-state index contributed by atoms with van der Waals surface area (Å²) < 4.78 is 0. The molecule has 32 heavy (non-hydrogen) atoms. The van der Waals surface area contributed by atoms with Gasteiger partial charge in [-0.05, 0) is 71.6 Å². The van der Waals surface area contributed by atoms with E-state index in [-0.39, 0.29) is 22.1 Å². The SMILES string of the molecule is CCCO/N=C(\C(=O)Nc1ccc(C(=O)O)cc1)c1ccc2c(c1)C(C)(C)CCC2(C)C. The summed E-state index contributed by atoms with van der Waals surface area (Å²) in [6.45, 7) is 11.4. The number of carbonyl (C=O) groups is 2. The first-order valence-corrected chi connectivity index (χ1v) is 11.1. The van der Waals surface area contributed by atoms with Crippen LogP contribution >= 0.6 is 0 Å². The standard InChI is InChI=1S/C26H32N2O4/c1-6-15-32-28-22(23(29)27-19-10-7-17(8-11-19)24(30)31)18-9-12-20-21(16-18)26(4,5)14-13-25(20,2)3/h7-12,16H,6,13-15H2,1-5H3,(H,27,29)(H,30,31)/b28-22-. The van der Waals surface area contributed by atoms with Crippen molar-refractivity contribution in [3.05, 3.63) is 64.7 Å². The normalized spacial score (nSPS) is 16.7. The van der Waals surface area contributed by atoms with E-state index in [2.05, 4.69) is 50.3 Å². The summed E-state index contributed by atoms with van der Waals surface area (Å²) >= 11 is 0. The largest absolute Gasteiger partial charge is 0.478 e. The van der Waals surface area contributed by atoms with Gasteiger partial charge in [0, 0.05) is 11.3 Å². The molecule has 0 aliphatic heterocycles.